The monoisotopic (exact) mass is 675 g/mol. The predicted octanol–water partition coefficient (Wildman–Crippen LogP) is 3.78. The fraction of sp³-hybridized carbons (Fsp3) is 0.270. The zero-order valence-electron chi connectivity index (χ0n) is 27.6. The molecule has 1 aliphatic rings. The average Bonchev–Trinajstić information content (AvgIpc) is 3.15. The van der Waals surface area contributed by atoms with E-state index in [4.69, 9.17) is 11.1 Å². The first-order valence-corrected chi connectivity index (χ1v) is 16.5. The number of allylic oxidation sites excluding steroid dienone is 1. The Bertz CT molecular complexity index is 1870. The number of nitrogens with one attached hydrogen (secondary N) is 5. The number of aromatic nitrogens is 2. The molecule has 50 heavy (non-hydrogen) atoms. The molecule has 7 N–H and O–H groups in total. The lowest BCUT2D eigenvalue weighted by atomic mass is 10.0. The quantitative estimate of drug-likeness (QED) is 0.0545. The molecular weight excluding hydrogens is 634 g/mol. The summed E-state index contributed by atoms with van der Waals surface area (Å²) in [6, 6.07) is 20.0. The highest BCUT2D eigenvalue weighted by atomic mass is 16.2. The fourth-order valence-corrected chi connectivity index (χ4v) is 5.76. The molecule has 0 aliphatic carbocycles. The Morgan fingerprint density at radius 2 is 1.70 bits per heavy atom. The summed E-state index contributed by atoms with van der Waals surface area (Å²) in [5.74, 6) is -1.37. The third-order valence-electron chi connectivity index (χ3n) is 8.51. The van der Waals surface area contributed by atoms with Crippen LogP contribution in [0.15, 0.2) is 79.1 Å². The number of primary amides is 1. The van der Waals surface area contributed by atoms with Gasteiger partial charge in [-0.05, 0) is 67.8 Å². The van der Waals surface area contributed by atoms with E-state index in [1.165, 1.54) is 12.3 Å². The Morgan fingerprint density at radius 1 is 0.960 bits per heavy atom. The molecule has 1 saturated heterocycles. The van der Waals surface area contributed by atoms with E-state index in [1.54, 1.807) is 18.3 Å². The van der Waals surface area contributed by atoms with Crippen molar-refractivity contribution in [3.63, 3.8) is 0 Å². The summed E-state index contributed by atoms with van der Waals surface area (Å²) in [7, 11) is 0. The first-order valence-electron chi connectivity index (χ1n) is 16.5. The summed E-state index contributed by atoms with van der Waals surface area (Å²) in [4.78, 5) is 58.3. The van der Waals surface area contributed by atoms with Crippen molar-refractivity contribution in [3.05, 3.63) is 95.9 Å². The largest absolute Gasteiger partial charge is 0.387 e. The van der Waals surface area contributed by atoms with Gasteiger partial charge in [0.1, 0.15) is 12.3 Å². The lowest BCUT2D eigenvalue weighted by Crippen LogP contribution is -2.44. The molecule has 258 valence electrons. The van der Waals surface area contributed by atoms with Crippen LogP contribution in [0, 0.1) is 5.41 Å². The fourth-order valence-electron chi connectivity index (χ4n) is 5.76. The van der Waals surface area contributed by atoms with Crippen molar-refractivity contribution in [2.24, 2.45) is 5.73 Å². The van der Waals surface area contributed by atoms with Crippen molar-refractivity contribution in [1.82, 2.24) is 20.6 Å². The maximum Gasteiger partial charge on any atom is 0.252 e. The molecule has 1 aliphatic heterocycles. The Hall–Kier alpha value is -6.11. The molecule has 1 fully saturated rings. The maximum absolute atomic E-state index is 12.7. The zero-order valence-corrected chi connectivity index (χ0v) is 27.6. The SMILES string of the molecule is N=C/C(=C\NC1CCN(c2cccc(NCCNc3ccc(C(=O)NC(CCC=O)C(N)=O)c(C=O)c3)c2)CC1)c1cnc2ccccc2n1. The molecule has 0 saturated carbocycles. The Kier molecular flexibility index (Phi) is 12.2. The molecule has 1 atom stereocenters. The van der Waals surface area contributed by atoms with Gasteiger partial charge in [0.2, 0.25) is 5.91 Å². The minimum atomic E-state index is -1.01. The van der Waals surface area contributed by atoms with Gasteiger partial charge in [0.15, 0.2) is 6.29 Å². The molecule has 0 spiro atoms. The molecule has 13 nitrogen and oxygen atoms in total. The third kappa shape index (κ3) is 9.28. The summed E-state index contributed by atoms with van der Waals surface area (Å²) in [6.07, 6.45) is 8.16. The van der Waals surface area contributed by atoms with Crippen LogP contribution >= 0.6 is 0 Å². The summed E-state index contributed by atoms with van der Waals surface area (Å²) in [6.45, 7) is 2.94. The number of anilines is 3. The van der Waals surface area contributed by atoms with Gasteiger partial charge in [-0.2, -0.15) is 0 Å². The minimum Gasteiger partial charge on any atom is -0.387 e. The van der Waals surface area contributed by atoms with E-state index >= 15 is 0 Å². The number of carbonyl (C=O) groups is 4. The lowest BCUT2D eigenvalue weighted by Gasteiger charge is -2.34. The molecule has 2 amide bonds. The maximum atomic E-state index is 12.7. The molecule has 1 unspecified atom stereocenters. The molecule has 4 aromatic rings. The highest BCUT2D eigenvalue weighted by Gasteiger charge is 2.21. The van der Waals surface area contributed by atoms with Crippen LogP contribution in [0.4, 0.5) is 17.1 Å². The van der Waals surface area contributed by atoms with Crippen LogP contribution in [0.5, 0.6) is 0 Å². The number of aldehydes is 2. The van der Waals surface area contributed by atoms with Gasteiger partial charge in [-0.3, -0.25) is 19.4 Å². The van der Waals surface area contributed by atoms with E-state index in [0.717, 1.165) is 48.3 Å². The Labute approximate surface area is 290 Å². The van der Waals surface area contributed by atoms with Gasteiger partial charge >= 0.3 is 0 Å². The van der Waals surface area contributed by atoms with E-state index in [1.807, 2.05) is 42.6 Å². The zero-order chi connectivity index (χ0) is 35.3. The Balaban J connectivity index is 1.08. The van der Waals surface area contributed by atoms with Crippen LogP contribution in [-0.2, 0) is 9.59 Å². The molecule has 5 rings (SSSR count). The second kappa shape index (κ2) is 17.3. The highest BCUT2D eigenvalue weighted by molar-refractivity contribution is 6.07. The number of benzene rings is 3. The van der Waals surface area contributed by atoms with Crippen molar-refractivity contribution < 1.29 is 19.2 Å². The number of carbonyl (C=O) groups excluding carboxylic acids is 4. The van der Waals surface area contributed by atoms with Crippen molar-refractivity contribution >= 4 is 64.3 Å². The second-order valence-corrected chi connectivity index (χ2v) is 11.9. The molecule has 0 radical (unpaired) electrons. The summed E-state index contributed by atoms with van der Waals surface area (Å²) in [5.41, 5.74) is 11.4. The van der Waals surface area contributed by atoms with Gasteiger partial charge in [0.25, 0.3) is 5.91 Å². The first-order chi connectivity index (χ1) is 24.4. The summed E-state index contributed by atoms with van der Waals surface area (Å²) >= 11 is 0. The first kappa shape index (κ1) is 35.2. The number of hydrogen-bond acceptors (Lipinski definition) is 11. The topological polar surface area (TPSA) is 195 Å². The summed E-state index contributed by atoms with van der Waals surface area (Å²) < 4.78 is 0. The molecular formula is C37H41N9O4. The number of hydrogen-bond donors (Lipinski definition) is 6. The van der Waals surface area contributed by atoms with Crippen molar-refractivity contribution in [3.8, 4) is 0 Å². The number of nitrogens with two attached hydrogens (primary N) is 1. The molecule has 0 bridgehead atoms. The van der Waals surface area contributed by atoms with Gasteiger partial charge in [-0.15, -0.1) is 0 Å². The highest BCUT2D eigenvalue weighted by Crippen LogP contribution is 2.24. The van der Waals surface area contributed by atoms with Crippen molar-refractivity contribution in [1.29, 1.82) is 5.41 Å². The van der Waals surface area contributed by atoms with Crippen LogP contribution in [0.1, 0.15) is 52.1 Å². The number of para-hydroxylation sites is 2. The van der Waals surface area contributed by atoms with Gasteiger partial charge < -0.3 is 42.1 Å². The van der Waals surface area contributed by atoms with Gasteiger partial charge in [0, 0.05) is 84.8 Å². The molecule has 1 aromatic heterocycles. The second-order valence-electron chi connectivity index (χ2n) is 11.9. The van der Waals surface area contributed by atoms with E-state index in [-0.39, 0.29) is 30.0 Å². The standard InChI is InChI=1S/C37H41N9O4/c38-21-26(35-23-43-32-7-1-2-8-33(32)44-35)22-42-27-12-16-46(17-13-27)30-6-3-5-28(20-30)40-14-15-41-29-10-11-31(25(19-29)24-48)37(50)45-34(36(39)49)9-4-18-47/h1-3,5-8,10-11,18-24,27,34,38,40-42H,4,9,12-17H2,(H2,39,49)(H,45,50)/b26-22+,38-21?. The van der Waals surface area contributed by atoms with Crippen LogP contribution in [0.25, 0.3) is 16.6 Å². The number of fused-ring (bicyclic) bond motifs is 1. The van der Waals surface area contributed by atoms with E-state index < -0.39 is 17.9 Å². The number of amides is 2. The Morgan fingerprint density at radius 3 is 2.40 bits per heavy atom. The lowest BCUT2D eigenvalue weighted by molar-refractivity contribution is -0.120. The van der Waals surface area contributed by atoms with Crippen LogP contribution in [-0.4, -0.2) is 78.8 Å². The minimum absolute atomic E-state index is 0.0727. The molecule has 2 heterocycles. The predicted molar refractivity (Wildman–Crippen MR) is 196 cm³/mol. The van der Waals surface area contributed by atoms with Gasteiger partial charge in [0.05, 0.1) is 22.9 Å². The average molecular weight is 676 g/mol. The molecule has 13 heteroatoms. The van der Waals surface area contributed by atoms with Crippen molar-refractivity contribution in [2.45, 2.75) is 37.8 Å². The normalized spacial score (nSPS) is 14.0. The number of nitrogens with zero attached hydrogens (tertiary/aromatic N) is 3. The van der Waals surface area contributed by atoms with Crippen molar-refractivity contribution in [2.75, 3.05) is 41.7 Å². The van der Waals surface area contributed by atoms with Crippen LogP contribution in [0.3, 0.4) is 0 Å². The smallest absolute Gasteiger partial charge is 0.252 e. The number of rotatable bonds is 17. The van der Waals surface area contributed by atoms with Crippen LogP contribution in [0.2, 0.25) is 0 Å². The van der Waals surface area contributed by atoms with Gasteiger partial charge in [-0.25, -0.2) is 4.98 Å². The van der Waals surface area contributed by atoms with E-state index in [9.17, 15) is 19.2 Å². The summed E-state index contributed by atoms with van der Waals surface area (Å²) in [5, 5.41) is 20.6. The van der Waals surface area contributed by atoms with E-state index in [0.29, 0.717) is 42.6 Å². The molecule has 3 aromatic carbocycles. The van der Waals surface area contributed by atoms with E-state index in [2.05, 4.69) is 48.3 Å². The van der Waals surface area contributed by atoms with Crippen LogP contribution < -0.4 is 31.9 Å². The third-order valence-corrected chi connectivity index (χ3v) is 8.51. The number of piperidine rings is 1. The van der Waals surface area contributed by atoms with Gasteiger partial charge in [-0.1, -0.05) is 18.2 Å².